The summed E-state index contributed by atoms with van der Waals surface area (Å²) in [5.74, 6) is -1.40. The predicted molar refractivity (Wildman–Crippen MR) is 108 cm³/mol. The van der Waals surface area contributed by atoms with E-state index in [9.17, 15) is 14.4 Å². The third-order valence-electron chi connectivity index (χ3n) is 5.15. The van der Waals surface area contributed by atoms with Crippen LogP contribution < -0.4 is 0 Å². The van der Waals surface area contributed by atoms with Gasteiger partial charge in [0.1, 0.15) is 5.58 Å². The van der Waals surface area contributed by atoms with Gasteiger partial charge in [-0.2, -0.15) is 0 Å². The van der Waals surface area contributed by atoms with Gasteiger partial charge < -0.3 is 23.5 Å². The van der Waals surface area contributed by atoms with E-state index in [1.165, 1.54) is 7.11 Å². The van der Waals surface area contributed by atoms with Crippen LogP contribution in [-0.2, 0) is 30.4 Å². The lowest BCUT2D eigenvalue weighted by Gasteiger charge is -2.30. The molecule has 162 valence electrons. The topological polar surface area (TPSA) is 95.3 Å². The molecule has 1 fully saturated rings. The molecule has 8 nitrogen and oxygen atoms in total. The van der Waals surface area contributed by atoms with Crippen LogP contribution in [0.25, 0.3) is 11.0 Å². The van der Waals surface area contributed by atoms with Gasteiger partial charge in [0.25, 0.3) is 5.91 Å². The Morgan fingerprint density at radius 2 is 1.87 bits per heavy atom. The highest BCUT2D eigenvalue weighted by Crippen LogP contribution is 2.27. The van der Waals surface area contributed by atoms with E-state index >= 15 is 0 Å². The van der Waals surface area contributed by atoms with Crippen molar-refractivity contribution in [3.8, 4) is 0 Å². The van der Waals surface area contributed by atoms with Crippen molar-refractivity contribution < 1.29 is 33.0 Å². The summed E-state index contributed by atoms with van der Waals surface area (Å²) in [6, 6.07) is 7.29. The standard InChI is InChI=1S/C22H27NO7/c1-14(2)28-12-17-16-6-4-5-7-18(16)30-20(17)22(26)29-13-19(24)23-10-8-15(9-11-23)21(25)27-3/h4-7,14-15H,8-13H2,1-3H3. The minimum Gasteiger partial charge on any atom is -0.469 e. The maximum absolute atomic E-state index is 12.6. The number of hydrogen-bond acceptors (Lipinski definition) is 7. The molecule has 3 rings (SSSR count). The van der Waals surface area contributed by atoms with Gasteiger partial charge in [-0.1, -0.05) is 18.2 Å². The molecule has 0 saturated carbocycles. The summed E-state index contributed by atoms with van der Waals surface area (Å²) in [4.78, 5) is 38.3. The summed E-state index contributed by atoms with van der Waals surface area (Å²) >= 11 is 0. The van der Waals surface area contributed by atoms with Crippen molar-refractivity contribution in [2.45, 2.75) is 39.4 Å². The van der Waals surface area contributed by atoms with Crippen LogP contribution >= 0.6 is 0 Å². The summed E-state index contributed by atoms with van der Waals surface area (Å²) in [6.45, 7) is 4.48. The smallest absolute Gasteiger partial charge is 0.375 e. The SMILES string of the molecule is COC(=O)C1CCN(C(=O)COC(=O)c2oc3ccccc3c2COC(C)C)CC1. The maximum atomic E-state index is 12.6. The number of ether oxygens (including phenoxy) is 3. The minimum absolute atomic E-state index is 0.0166. The van der Waals surface area contributed by atoms with Crippen molar-refractivity contribution in [1.82, 2.24) is 4.90 Å². The average Bonchev–Trinajstić information content (AvgIpc) is 3.14. The minimum atomic E-state index is -0.702. The zero-order chi connectivity index (χ0) is 21.7. The van der Waals surface area contributed by atoms with E-state index in [0.29, 0.717) is 37.1 Å². The number of rotatable bonds is 7. The van der Waals surface area contributed by atoms with Crippen LogP contribution in [0.3, 0.4) is 0 Å². The number of piperidine rings is 1. The number of likely N-dealkylation sites (tertiary alicyclic amines) is 1. The van der Waals surface area contributed by atoms with Gasteiger partial charge in [0.2, 0.25) is 5.76 Å². The number of carbonyl (C=O) groups excluding carboxylic acids is 3. The van der Waals surface area contributed by atoms with Gasteiger partial charge in [-0.3, -0.25) is 9.59 Å². The molecule has 1 aromatic carbocycles. The van der Waals surface area contributed by atoms with Gasteiger partial charge in [0.15, 0.2) is 6.61 Å². The van der Waals surface area contributed by atoms with Crippen LogP contribution in [0.15, 0.2) is 28.7 Å². The van der Waals surface area contributed by atoms with Crippen molar-refractivity contribution in [2.24, 2.45) is 5.92 Å². The van der Waals surface area contributed by atoms with E-state index in [4.69, 9.17) is 18.6 Å². The van der Waals surface area contributed by atoms with Gasteiger partial charge in [-0.05, 0) is 32.8 Å². The molecule has 2 heterocycles. The Bertz CT molecular complexity index is 909. The molecule has 0 spiro atoms. The highest BCUT2D eigenvalue weighted by molar-refractivity contribution is 5.96. The Labute approximate surface area is 175 Å². The predicted octanol–water partition coefficient (Wildman–Crippen LogP) is 2.93. The summed E-state index contributed by atoms with van der Waals surface area (Å²) in [7, 11) is 1.36. The van der Waals surface area contributed by atoms with E-state index in [0.717, 1.165) is 5.39 Å². The first-order valence-corrected chi connectivity index (χ1v) is 10.1. The Morgan fingerprint density at radius 1 is 1.17 bits per heavy atom. The average molecular weight is 417 g/mol. The van der Waals surface area contributed by atoms with Crippen molar-refractivity contribution in [3.63, 3.8) is 0 Å². The number of fused-ring (bicyclic) bond motifs is 1. The van der Waals surface area contributed by atoms with Crippen molar-refractivity contribution in [3.05, 3.63) is 35.6 Å². The Kier molecular flexibility index (Phi) is 7.10. The fourth-order valence-electron chi connectivity index (χ4n) is 3.47. The third-order valence-corrected chi connectivity index (χ3v) is 5.15. The van der Waals surface area contributed by atoms with Crippen molar-refractivity contribution in [2.75, 3.05) is 26.8 Å². The monoisotopic (exact) mass is 417 g/mol. The van der Waals surface area contributed by atoms with Crippen LogP contribution in [-0.4, -0.2) is 55.7 Å². The number of carbonyl (C=O) groups is 3. The highest BCUT2D eigenvalue weighted by Gasteiger charge is 2.29. The molecular formula is C22H27NO7. The number of amides is 1. The number of esters is 2. The van der Waals surface area contributed by atoms with Crippen LogP contribution in [0.1, 0.15) is 42.8 Å². The summed E-state index contributed by atoms with van der Waals surface area (Å²) in [6.07, 6.45) is 1.05. The van der Waals surface area contributed by atoms with Crippen LogP contribution in [0.5, 0.6) is 0 Å². The lowest BCUT2D eigenvalue weighted by Crippen LogP contribution is -2.42. The first-order chi connectivity index (χ1) is 14.4. The lowest BCUT2D eigenvalue weighted by molar-refractivity contribution is -0.149. The second-order valence-corrected chi connectivity index (χ2v) is 7.52. The third kappa shape index (κ3) is 4.99. The van der Waals surface area contributed by atoms with Gasteiger partial charge >= 0.3 is 11.9 Å². The zero-order valence-electron chi connectivity index (χ0n) is 17.5. The van der Waals surface area contributed by atoms with Crippen LogP contribution in [0.2, 0.25) is 0 Å². The lowest BCUT2D eigenvalue weighted by atomic mass is 9.97. The molecule has 1 aliphatic rings. The number of methoxy groups -OCH3 is 1. The molecule has 0 N–H and O–H groups in total. The fraction of sp³-hybridized carbons (Fsp3) is 0.500. The van der Waals surface area contributed by atoms with E-state index in [1.807, 2.05) is 32.0 Å². The molecule has 0 unspecified atom stereocenters. The molecule has 0 bridgehead atoms. The molecule has 0 radical (unpaired) electrons. The molecule has 2 aromatic rings. The maximum Gasteiger partial charge on any atom is 0.375 e. The zero-order valence-corrected chi connectivity index (χ0v) is 17.5. The molecule has 1 amide bonds. The van der Waals surface area contributed by atoms with Gasteiger partial charge in [0.05, 0.1) is 25.7 Å². The Balaban J connectivity index is 1.62. The van der Waals surface area contributed by atoms with E-state index in [2.05, 4.69) is 0 Å². The van der Waals surface area contributed by atoms with E-state index in [1.54, 1.807) is 11.0 Å². The number of para-hydroxylation sites is 1. The molecule has 1 saturated heterocycles. The highest BCUT2D eigenvalue weighted by atomic mass is 16.5. The molecule has 8 heteroatoms. The van der Waals surface area contributed by atoms with Crippen LogP contribution in [0, 0.1) is 5.92 Å². The quantitative estimate of drug-likeness (QED) is 0.639. The van der Waals surface area contributed by atoms with E-state index < -0.39 is 5.97 Å². The molecule has 1 aliphatic heterocycles. The fourth-order valence-corrected chi connectivity index (χ4v) is 3.47. The molecule has 0 aliphatic carbocycles. The largest absolute Gasteiger partial charge is 0.469 e. The summed E-state index contributed by atoms with van der Waals surface area (Å²) < 4.78 is 21.4. The van der Waals surface area contributed by atoms with Crippen LogP contribution in [0.4, 0.5) is 0 Å². The number of furan rings is 1. The van der Waals surface area contributed by atoms with Crippen molar-refractivity contribution in [1.29, 1.82) is 0 Å². The van der Waals surface area contributed by atoms with Gasteiger partial charge in [-0.25, -0.2) is 4.79 Å². The van der Waals surface area contributed by atoms with Crippen molar-refractivity contribution >= 4 is 28.8 Å². The molecule has 30 heavy (non-hydrogen) atoms. The Morgan fingerprint density at radius 3 is 2.53 bits per heavy atom. The van der Waals surface area contributed by atoms with E-state index in [-0.39, 0.29) is 42.9 Å². The molecular weight excluding hydrogens is 390 g/mol. The molecule has 1 aromatic heterocycles. The Hall–Kier alpha value is -2.87. The summed E-state index contributed by atoms with van der Waals surface area (Å²) in [5, 5.41) is 0.779. The second-order valence-electron chi connectivity index (χ2n) is 7.52. The number of hydrogen-bond donors (Lipinski definition) is 0. The first kappa shape index (κ1) is 21.8. The number of nitrogens with zero attached hydrogens (tertiary/aromatic N) is 1. The normalized spacial score (nSPS) is 14.9. The summed E-state index contributed by atoms with van der Waals surface area (Å²) in [5.41, 5.74) is 1.17. The van der Waals surface area contributed by atoms with Gasteiger partial charge in [-0.15, -0.1) is 0 Å². The molecule has 0 atom stereocenters. The first-order valence-electron chi connectivity index (χ1n) is 10.1. The number of benzene rings is 1. The second kappa shape index (κ2) is 9.75. The van der Waals surface area contributed by atoms with Gasteiger partial charge in [0, 0.05) is 24.0 Å².